The highest BCUT2D eigenvalue weighted by Gasteiger charge is 2.33. The number of anilines is 1. The Kier molecular flexibility index (Phi) is 5.03. The van der Waals surface area contributed by atoms with Crippen molar-refractivity contribution in [2.45, 2.75) is 23.5 Å². The molecule has 2 aromatic rings. The summed E-state index contributed by atoms with van der Waals surface area (Å²) < 4.78 is 32.8. The molecule has 8 nitrogen and oxygen atoms in total. The SMILES string of the molecule is CO[C@@H]1C[C@H](CNS(=O)(=O)c2cccnc2)N(c2ccncn2)C1. The van der Waals surface area contributed by atoms with E-state index in [1.54, 1.807) is 25.4 Å². The first-order chi connectivity index (χ1) is 11.6. The summed E-state index contributed by atoms with van der Waals surface area (Å²) in [6.07, 6.45) is 6.77. The fourth-order valence-electron chi connectivity index (χ4n) is 2.77. The summed E-state index contributed by atoms with van der Waals surface area (Å²) in [5, 5.41) is 0. The average Bonchev–Trinajstić information content (AvgIpc) is 3.05. The summed E-state index contributed by atoms with van der Waals surface area (Å²) in [6.45, 7) is 0.924. The quantitative estimate of drug-likeness (QED) is 0.808. The maximum absolute atomic E-state index is 12.4. The van der Waals surface area contributed by atoms with Crippen LogP contribution in [0.3, 0.4) is 0 Å². The fourth-order valence-corrected chi connectivity index (χ4v) is 3.80. The van der Waals surface area contributed by atoms with Crippen LogP contribution in [0.1, 0.15) is 6.42 Å². The number of hydrogen-bond donors (Lipinski definition) is 1. The van der Waals surface area contributed by atoms with Crippen molar-refractivity contribution in [3.8, 4) is 0 Å². The number of ether oxygens (including phenoxy) is 1. The Balaban J connectivity index is 1.73. The molecule has 2 atom stereocenters. The Bertz CT molecular complexity index is 757. The van der Waals surface area contributed by atoms with Crippen LogP contribution in [0, 0.1) is 0 Å². The van der Waals surface area contributed by atoms with Gasteiger partial charge in [0.1, 0.15) is 17.0 Å². The van der Waals surface area contributed by atoms with Gasteiger partial charge in [-0.15, -0.1) is 0 Å². The molecule has 0 unspecified atom stereocenters. The van der Waals surface area contributed by atoms with E-state index in [0.717, 1.165) is 12.2 Å². The molecule has 3 rings (SSSR count). The minimum absolute atomic E-state index is 0.0351. The molecular weight excluding hydrogens is 330 g/mol. The minimum atomic E-state index is -3.59. The van der Waals surface area contributed by atoms with E-state index in [-0.39, 0.29) is 23.6 Å². The van der Waals surface area contributed by atoms with E-state index in [1.807, 2.05) is 4.90 Å². The van der Waals surface area contributed by atoms with Crippen LogP contribution in [0.25, 0.3) is 0 Å². The zero-order chi connectivity index (χ0) is 17.0. The molecule has 9 heteroatoms. The molecule has 128 valence electrons. The summed E-state index contributed by atoms with van der Waals surface area (Å²) >= 11 is 0. The Labute approximate surface area is 141 Å². The summed E-state index contributed by atoms with van der Waals surface area (Å²) in [5.41, 5.74) is 0. The van der Waals surface area contributed by atoms with Crippen LogP contribution in [0.2, 0.25) is 0 Å². The summed E-state index contributed by atoms with van der Waals surface area (Å²) in [7, 11) is -1.93. The summed E-state index contributed by atoms with van der Waals surface area (Å²) in [4.78, 5) is 14.2. The highest BCUT2D eigenvalue weighted by Crippen LogP contribution is 2.25. The third kappa shape index (κ3) is 3.69. The molecule has 2 aromatic heterocycles. The second-order valence-electron chi connectivity index (χ2n) is 5.51. The van der Waals surface area contributed by atoms with Gasteiger partial charge in [0.25, 0.3) is 0 Å². The van der Waals surface area contributed by atoms with Gasteiger partial charge in [-0.25, -0.2) is 23.1 Å². The molecular formula is C15H19N5O3S. The second-order valence-corrected chi connectivity index (χ2v) is 7.27. The maximum atomic E-state index is 12.4. The van der Waals surface area contributed by atoms with Crippen LogP contribution in [0.4, 0.5) is 5.82 Å². The molecule has 0 saturated carbocycles. The molecule has 3 heterocycles. The fraction of sp³-hybridized carbons (Fsp3) is 0.400. The topological polar surface area (TPSA) is 97.3 Å². The van der Waals surface area contributed by atoms with Crippen molar-refractivity contribution in [3.05, 3.63) is 43.1 Å². The lowest BCUT2D eigenvalue weighted by Crippen LogP contribution is -2.40. The first-order valence-electron chi connectivity index (χ1n) is 7.55. The molecule has 1 aliphatic rings. The lowest BCUT2D eigenvalue weighted by Gasteiger charge is -2.25. The number of methoxy groups -OCH3 is 1. The zero-order valence-electron chi connectivity index (χ0n) is 13.2. The maximum Gasteiger partial charge on any atom is 0.242 e. The molecule has 0 spiro atoms. The first kappa shape index (κ1) is 16.7. The van der Waals surface area contributed by atoms with Crippen LogP contribution in [0.15, 0.2) is 48.0 Å². The van der Waals surface area contributed by atoms with Gasteiger partial charge < -0.3 is 9.64 Å². The molecule has 1 fully saturated rings. The first-order valence-corrected chi connectivity index (χ1v) is 9.03. The Hall–Kier alpha value is -2.10. The number of aromatic nitrogens is 3. The molecule has 1 aliphatic heterocycles. The van der Waals surface area contributed by atoms with Crippen molar-refractivity contribution >= 4 is 15.8 Å². The Morgan fingerprint density at radius 2 is 2.21 bits per heavy atom. The van der Waals surface area contributed by atoms with Gasteiger partial charge in [0.15, 0.2) is 0 Å². The van der Waals surface area contributed by atoms with Gasteiger partial charge in [-0.3, -0.25) is 4.98 Å². The number of nitrogens with zero attached hydrogens (tertiary/aromatic N) is 4. The lowest BCUT2D eigenvalue weighted by atomic mass is 10.2. The Morgan fingerprint density at radius 1 is 1.33 bits per heavy atom. The van der Waals surface area contributed by atoms with Gasteiger partial charge in [-0.1, -0.05) is 0 Å². The number of nitrogens with one attached hydrogen (secondary N) is 1. The van der Waals surface area contributed by atoms with Crippen LogP contribution >= 0.6 is 0 Å². The number of rotatable bonds is 6. The molecule has 0 radical (unpaired) electrons. The normalized spacial score (nSPS) is 21.1. The van der Waals surface area contributed by atoms with Crippen LogP contribution < -0.4 is 9.62 Å². The molecule has 0 aromatic carbocycles. The predicted molar refractivity (Wildman–Crippen MR) is 88.0 cm³/mol. The standard InChI is InChI=1S/C15H19N5O3S/c1-23-13-7-12(20(10-13)15-4-6-17-11-18-15)8-19-24(21,22)14-3-2-5-16-9-14/h2-6,9,11-13,19H,7-8,10H2,1H3/t12-,13-/m1/s1. The van der Waals surface area contributed by atoms with E-state index >= 15 is 0 Å². The highest BCUT2D eigenvalue weighted by molar-refractivity contribution is 7.89. The van der Waals surface area contributed by atoms with Crippen LogP contribution in [-0.4, -0.2) is 55.7 Å². The molecule has 24 heavy (non-hydrogen) atoms. The van der Waals surface area contributed by atoms with E-state index in [2.05, 4.69) is 19.7 Å². The van der Waals surface area contributed by atoms with E-state index in [9.17, 15) is 8.42 Å². The lowest BCUT2D eigenvalue weighted by molar-refractivity contribution is 0.118. The highest BCUT2D eigenvalue weighted by atomic mass is 32.2. The van der Waals surface area contributed by atoms with Gasteiger partial charge >= 0.3 is 0 Å². The Morgan fingerprint density at radius 3 is 2.88 bits per heavy atom. The van der Waals surface area contributed by atoms with Crippen LogP contribution in [0.5, 0.6) is 0 Å². The van der Waals surface area contributed by atoms with Crippen molar-refractivity contribution < 1.29 is 13.2 Å². The third-order valence-corrected chi connectivity index (χ3v) is 5.43. The minimum Gasteiger partial charge on any atom is -0.380 e. The molecule has 0 aliphatic carbocycles. The number of sulfonamides is 1. The van der Waals surface area contributed by atoms with Gasteiger partial charge in [0.05, 0.1) is 6.10 Å². The van der Waals surface area contributed by atoms with E-state index in [1.165, 1.54) is 24.8 Å². The van der Waals surface area contributed by atoms with Gasteiger partial charge in [0.2, 0.25) is 10.0 Å². The number of hydrogen-bond acceptors (Lipinski definition) is 7. The molecule has 0 amide bonds. The summed E-state index contributed by atoms with van der Waals surface area (Å²) in [6, 6.07) is 4.87. The predicted octanol–water partition coefficient (Wildman–Crippen LogP) is 0.444. The smallest absolute Gasteiger partial charge is 0.242 e. The molecule has 1 N–H and O–H groups in total. The van der Waals surface area contributed by atoms with Gasteiger partial charge in [-0.05, 0) is 24.6 Å². The molecule has 0 bridgehead atoms. The van der Waals surface area contributed by atoms with E-state index in [4.69, 9.17) is 4.74 Å². The van der Waals surface area contributed by atoms with Crippen molar-refractivity contribution in [2.24, 2.45) is 0 Å². The van der Waals surface area contributed by atoms with Crippen molar-refractivity contribution in [2.75, 3.05) is 25.1 Å². The van der Waals surface area contributed by atoms with Gasteiger partial charge in [0, 0.05) is 44.8 Å². The number of pyridine rings is 1. The zero-order valence-corrected chi connectivity index (χ0v) is 14.1. The van der Waals surface area contributed by atoms with Crippen LogP contribution in [-0.2, 0) is 14.8 Å². The summed E-state index contributed by atoms with van der Waals surface area (Å²) in [5.74, 6) is 0.759. The second kappa shape index (κ2) is 7.20. The third-order valence-electron chi connectivity index (χ3n) is 4.02. The van der Waals surface area contributed by atoms with Crippen molar-refractivity contribution in [1.82, 2.24) is 19.7 Å². The van der Waals surface area contributed by atoms with Crippen molar-refractivity contribution in [3.63, 3.8) is 0 Å². The van der Waals surface area contributed by atoms with Gasteiger partial charge in [-0.2, -0.15) is 0 Å². The van der Waals surface area contributed by atoms with E-state index in [0.29, 0.717) is 6.54 Å². The van der Waals surface area contributed by atoms with E-state index < -0.39 is 10.0 Å². The van der Waals surface area contributed by atoms with Crippen molar-refractivity contribution in [1.29, 1.82) is 0 Å². The largest absolute Gasteiger partial charge is 0.380 e. The average molecular weight is 349 g/mol. The monoisotopic (exact) mass is 349 g/mol. The molecule has 1 saturated heterocycles.